The highest BCUT2D eigenvalue weighted by molar-refractivity contribution is 9.10. The van der Waals surface area contributed by atoms with Gasteiger partial charge < -0.3 is 34.1 Å². The second kappa shape index (κ2) is 27.6. The maximum atomic E-state index is 11.3. The Morgan fingerprint density at radius 2 is 1.08 bits per heavy atom. The van der Waals surface area contributed by atoms with Crippen molar-refractivity contribution in [3.05, 3.63) is 195 Å². The molecule has 0 radical (unpaired) electrons. The Bertz CT molecular complexity index is 2640. The van der Waals surface area contributed by atoms with Crippen LogP contribution in [0, 0.1) is 55.8 Å². The van der Waals surface area contributed by atoms with Gasteiger partial charge in [-0.2, -0.15) is 5.26 Å². The Morgan fingerprint density at radius 3 is 1.56 bits per heavy atom. The Hall–Kier alpha value is -4.93. The quantitative estimate of drug-likeness (QED) is 0.0923. The number of rotatable bonds is 14. The van der Waals surface area contributed by atoms with E-state index in [0.717, 1.165) is 50.7 Å². The zero-order valence-corrected chi connectivity index (χ0v) is 46.1. The van der Waals surface area contributed by atoms with E-state index in [1.54, 1.807) is 12.1 Å². The van der Waals surface area contributed by atoms with Crippen LogP contribution in [0.4, 0.5) is 0 Å². The van der Waals surface area contributed by atoms with Gasteiger partial charge in [0.2, 0.25) is 0 Å². The average molecular weight is 1050 g/mol. The molecule has 0 bridgehead atoms. The van der Waals surface area contributed by atoms with E-state index in [0.29, 0.717) is 42.0 Å². The lowest BCUT2D eigenvalue weighted by Gasteiger charge is -2.47. The van der Waals surface area contributed by atoms with Gasteiger partial charge in [0.05, 0.1) is 55.4 Å². The molecule has 2 fully saturated rings. The molecule has 4 unspecified atom stereocenters. The Morgan fingerprint density at radius 1 is 0.603 bits per heavy atom. The first-order valence-electron chi connectivity index (χ1n) is 26.1. The monoisotopic (exact) mass is 1050 g/mol. The number of ether oxygens (including phenoxy) is 4. The molecule has 0 spiro atoms. The van der Waals surface area contributed by atoms with E-state index in [-0.39, 0.29) is 48.5 Å². The van der Waals surface area contributed by atoms with Gasteiger partial charge in [0.1, 0.15) is 12.2 Å². The van der Waals surface area contributed by atoms with Gasteiger partial charge >= 0.3 is 7.12 Å². The van der Waals surface area contributed by atoms with Gasteiger partial charge in [-0.3, -0.25) is 0 Å². The molecule has 2 aliphatic rings. The molecule has 0 saturated carbocycles. The molecule has 8 rings (SSSR count). The van der Waals surface area contributed by atoms with Crippen LogP contribution in [0.15, 0.2) is 150 Å². The van der Waals surface area contributed by atoms with E-state index in [1.165, 1.54) is 16.7 Å². The van der Waals surface area contributed by atoms with Crippen molar-refractivity contribution in [2.75, 3.05) is 0 Å². The van der Waals surface area contributed by atoms with Crippen LogP contribution in [0.5, 0.6) is 0 Å². The van der Waals surface area contributed by atoms with Crippen LogP contribution in [0.2, 0.25) is 0 Å². The first-order valence-corrected chi connectivity index (χ1v) is 26.9. The lowest BCUT2D eigenvalue weighted by molar-refractivity contribution is -0.220. The summed E-state index contributed by atoms with van der Waals surface area (Å²) >= 11 is 3.50. The highest BCUT2D eigenvalue weighted by atomic mass is 79.9. The number of hydrogen-bond donors (Lipinski definition) is 3. The first kappa shape index (κ1) is 57.4. The number of aliphatic hydroxyl groups excluding tert-OH is 1. The summed E-state index contributed by atoms with van der Waals surface area (Å²) in [6.07, 6.45) is 1.05. The summed E-state index contributed by atoms with van der Waals surface area (Å²) in [5.74, 6) is 1.72. The summed E-state index contributed by atoms with van der Waals surface area (Å²) < 4.78 is 27.2. The van der Waals surface area contributed by atoms with Crippen molar-refractivity contribution in [2.24, 2.45) is 23.7 Å². The molecule has 10 heteroatoms. The highest BCUT2D eigenvalue weighted by Gasteiger charge is 2.46. The van der Waals surface area contributed by atoms with Crippen molar-refractivity contribution in [3.63, 3.8) is 0 Å². The topological polar surface area (TPSA) is 121 Å². The molecule has 0 amide bonds. The number of benzene rings is 6. The first-order chi connectivity index (χ1) is 35.0. The average Bonchev–Trinajstić information content (AvgIpc) is 3.40. The standard InChI is InChI=1S/C32H37NO2.C24H31BrO3.C7H9BO2/c1-6-30-22(3)23(4)31(34-20-26-10-8-7-9-11-26)32(35-30)24(5)29-17-16-28(18-21(29)2)27-14-12-25(19-33)13-15-27;1-5-21-16(3)17(4)23(27-14-18-9-7-6-8-10-18)24(28-21)22(26)20-12-11-19(25)13-15(20)2;1-6-2-4-7(5-3-6)8(9)10/h7-18,22-24,30-32H,6,20H2,1-5H3;6-13,16-17,21-24,26H,5,14H2,1-4H3;2-5,9-10H,1H3/t22-,23-,24+,30?,31?,32+;16-,17-,21?,22+,23?,24+;/m00./s1. The zero-order valence-electron chi connectivity index (χ0n) is 44.5. The minimum atomic E-state index is -1.35. The summed E-state index contributed by atoms with van der Waals surface area (Å²) in [5.41, 5.74) is 11.4. The van der Waals surface area contributed by atoms with Crippen LogP contribution < -0.4 is 5.46 Å². The lowest BCUT2D eigenvalue weighted by Crippen LogP contribution is -2.52. The summed E-state index contributed by atoms with van der Waals surface area (Å²) in [4.78, 5) is 0. The van der Waals surface area contributed by atoms with Crippen molar-refractivity contribution in [1.82, 2.24) is 0 Å². The van der Waals surface area contributed by atoms with Crippen molar-refractivity contribution in [2.45, 2.75) is 144 Å². The molecule has 0 aliphatic carbocycles. The third-order valence-corrected chi connectivity index (χ3v) is 15.9. The molecule has 386 valence electrons. The van der Waals surface area contributed by atoms with Crippen molar-refractivity contribution in [1.29, 1.82) is 5.26 Å². The molecule has 0 aromatic heterocycles. The maximum absolute atomic E-state index is 11.3. The number of aliphatic hydroxyl groups is 1. The van der Waals surface area contributed by atoms with Crippen LogP contribution in [0.1, 0.15) is 118 Å². The minimum absolute atomic E-state index is 0.00526. The van der Waals surface area contributed by atoms with E-state index >= 15 is 0 Å². The fourth-order valence-corrected chi connectivity index (χ4v) is 10.9. The van der Waals surface area contributed by atoms with Crippen LogP contribution in [-0.4, -0.2) is 58.9 Å². The number of halogens is 1. The third-order valence-electron chi connectivity index (χ3n) is 15.4. The van der Waals surface area contributed by atoms with Gasteiger partial charge in [0.15, 0.2) is 0 Å². The normalized spacial score (nSPS) is 24.4. The molecule has 8 nitrogen and oxygen atoms in total. The molecular formula is C63H77BBrNO7. The van der Waals surface area contributed by atoms with Gasteiger partial charge in [-0.15, -0.1) is 0 Å². The second-order valence-electron chi connectivity index (χ2n) is 20.3. The van der Waals surface area contributed by atoms with E-state index < -0.39 is 13.2 Å². The Labute approximate surface area is 445 Å². The molecule has 73 heavy (non-hydrogen) atoms. The molecule has 2 aliphatic heterocycles. The lowest BCUT2D eigenvalue weighted by atomic mass is 9.75. The van der Waals surface area contributed by atoms with Gasteiger partial charge in [0.25, 0.3) is 0 Å². The predicted octanol–water partition coefficient (Wildman–Crippen LogP) is 13.2. The smallest absolute Gasteiger partial charge is 0.423 e. The SMILES string of the molecule is CCC1O[C@H]([C@H](C)c2ccc(-c3ccc(C#N)cc3)cc2C)C(OCc2ccccc2)[C@@H](C)[C@@H]1C.CCC1O[C@H]([C@H](O)c2ccc(Br)cc2C)C(OCc2ccccc2)[C@@H](C)[C@@H]1C.Cc1ccc(B(O)O)cc1. The van der Waals surface area contributed by atoms with Gasteiger partial charge in [0, 0.05) is 10.4 Å². The number of nitrogens with zero attached hydrogens (tertiary/aromatic N) is 1. The second-order valence-corrected chi connectivity index (χ2v) is 21.2. The van der Waals surface area contributed by atoms with Gasteiger partial charge in [-0.1, -0.05) is 191 Å². The number of nitriles is 1. The van der Waals surface area contributed by atoms with E-state index in [2.05, 4.69) is 132 Å². The maximum Gasteiger partial charge on any atom is 0.488 e. The largest absolute Gasteiger partial charge is 0.488 e. The van der Waals surface area contributed by atoms with E-state index in [9.17, 15) is 5.11 Å². The van der Waals surface area contributed by atoms with Gasteiger partial charge in [-0.05, 0) is 132 Å². The van der Waals surface area contributed by atoms with Crippen molar-refractivity contribution < 1.29 is 34.1 Å². The summed E-state index contributed by atoms with van der Waals surface area (Å²) in [7, 11) is -1.35. The molecule has 6 aromatic rings. The Kier molecular flexibility index (Phi) is 21.7. The van der Waals surface area contributed by atoms with E-state index in [1.807, 2.05) is 92.7 Å². The zero-order chi connectivity index (χ0) is 52.8. The van der Waals surface area contributed by atoms with Crippen molar-refractivity contribution >= 4 is 28.5 Å². The molecule has 3 N–H and O–H groups in total. The fourth-order valence-electron chi connectivity index (χ4n) is 10.5. The van der Waals surface area contributed by atoms with E-state index in [4.69, 9.17) is 34.3 Å². The van der Waals surface area contributed by atoms with Crippen molar-refractivity contribution in [3.8, 4) is 17.2 Å². The predicted molar refractivity (Wildman–Crippen MR) is 299 cm³/mol. The number of hydrogen-bond acceptors (Lipinski definition) is 8. The minimum Gasteiger partial charge on any atom is -0.423 e. The molecular weight excluding hydrogens is 973 g/mol. The molecule has 6 aromatic carbocycles. The van der Waals surface area contributed by atoms with Crippen LogP contribution in [-0.2, 0) is 32.2 Å². The van der Waals surface area contributed by atoms with Crippen LogP contribution in [0.3, 0.4) is 0 Å². The van der Waals surface area contributed by atoms with Crippen LogP contribution >= 0.6 is 15.9 Å². The summed E-state index contributed by atoms with van der Waals surface area (Å²) in [5, 5.41) is 37.7. The highest BCUT2D eigenvalue weighted by Crippen LogP contribution is 2.42. The third kappa shape index (κ3) is 15.1. The fraction of sp³-hybridized carbons (Fsp3) is 0.413. The van der Waals surface area contributed by atoms with Crippen LogP contribution in [0.25, 0.3) is 11.1 Å². The summed E-state index contributed by atoms with van der Waals surface area (Å²) in [6, 6.07) is 50.3. The molecule has 2 heterocycles. The molecule has 12 atom stereocenters. The van der Waals surface area contributed by atoms with Gasteiger partial charge in [-0.25, -0.2) is 0 Å². The molecule has 2 saturated heterocycles. The Balaban J connectivity index is 0.000000203. The number of aryl methyl sites for hydroxylation is 3. The summed E-state index contributed by atoms with van der Waals surface area (Å²) in [6.45, 7) is 23.0.